The van der Waals surface area contributed by atoms with Crippen molar-refractivity contribution in [2.75, 3.05) is 0 Å². The zero-order valence-electron chi connectivity index (χ0n) is 6.12. The van der Waals surface area contributed by atoms with Crippen molar-refractivity contribution in [1.29, 1.82) is 0 Å². The van der Waals surface area contributed by atoms with Crippen LogP contribution in [0.3, 0.4) is 0 Å². The smallest absolute Gasteiger partial charge is 0.0823 e. The fraction of sp³-hybridized carbons (Fsp3) is 0.714. The first kappa shape index (κ1) is 5.89. The highest BCUT2D eigenvalue weighted by Gasteiger charge is 2.44. The van der Waals surface area contributed by atoms with E-state index in [1.165, 1.54) is 12.8 Å². The Hall–Kier alpha value is -0.860. The van der Waals surface area contributed by atoms with Crippen molar-refractivity contribution >= 4 is 0 Å². The first-order chi connectivity index (χ1) is 4.87. The van der Waals surface area contributed by atoms with Gasteiger partial charge in [0.1, 0.15) is 0 Å². The van der Waals surface area contributed by atoms with Gasteiger partial charge < -0.3 is 0 Å². The Balaban J connectivity index is 2.27. The van der Waals surface area contributed by atoms with E-state index in [-0.39, 0.29) is 0 Å². The molecule has 1 aliphatic rings. The van der Waals surface area contributed by atoms with Gasteiger partial charge in [0, 0.05) is 0 Å². The summed E-state index contributed by atoms with van der Waals surface area (Å²) in [6.07, 6.45) is 7.14. The fourth-order valence-corrected chi connectivity index (χ4v) is 1.30. The lowest BCUT2D eigenvalue weighted by atomic mass is 10.2. The van der Waals surface area contributed by atoms with Gasteiger partial charge in [-0.15, -0.1) is 0 Å². The van der Waals surface area contributed by atoms with Gasteiger partial charge in [-0.25, -0.2) is 0 Å². The molecule has 0 atom stereocenters. The molecule has 0 bridgehead atoms. The highest BCUT2D eigenvalue weighted by molar-refractivity contribution is 4.95. The summed E-state index contributed by atoms with van der Waals surface area (Å²) in [6, 6.07) is 0. The fourth-order valence-electron chi connectivity index (χ4n) is 1.30. The van der Waals surface area contributed by atoms with Crippen LogP contribution in [-0.4, -0.2) is 15.0 Å². The van der Waals surface area contributed by atoms with Crippen LogP contribution in [0.1, 0.15) is 26.2 Å². The molecule has 1 aromatic rings. The van der Waals surface area contributed by atoms with Crippen molar-refractivity contribution in [3.63, 3.8) is 0 Å². The normalized spacial score (nSPS) is 20.9. The second-order valence-electron chi connectivity index (χ2n) is 2.90. The van der Waals surface area contributed by atoms with Crippen LogP contribution in [0, 0.1) is 0 Å². The van der Waals surface area contributed by atoms with Crippen molar-refractivity contribution in [3.8, 4) is 0 Å². The second-order valence-corrected chi connectivity index (χ2v) is 2.90. The molecule has 10 heavy (non-hydrogen) atoms. The molecule has 1 aromatic heterocycles. The summed E-state index contributed by atoms with van der Waals surface area (Å²) in [5.41, 5.74) is 0.309. The lowest BCUT2D eigenvalue weighted by molar-refractivity contribution is 0.369. The maximum atomic E-state index is 4.13. The molecule has 1 saturated carbocycles. The van der Waals surface area contributed by atoms with Crippen molar-refractivity contribution < 1.29 is 0 Å². The van der Waals surface area contributed by atoms with Gasteiger partial charge in [0.25, 0.3) is 0 Å². The van der Waals surface area contributed by atoms with Gasteiger partial charge in [0.15, 0.2) is 0 Å². The highest BCUT2D eigenvalue weighted by atomic mass is 15.5. The minimum atomic E-state index is 0.309. The van der Waals surface area contributed by atoms with E-state index in [4.69, 9.17) is 0 Å². The average molecular weight is 137 g/mol. The van der Waals surface area contributed by atoms with E-state index in [1.54, 1.807) is 12.4 Å². The molecule has 0 aromatic carbocycles. The molecule has 0 saturated heterocycles. The molecule has 1 heterocycles. The van der Waals surface area contributed by atoms with Crippen molar-refractivity contribution in [3.05, 3.63) is 12.4 Å². The van der Waals surface area contributed by atoms with Gasteiger partial charge in [-0.05, 0) is 19.3 Å². The van der Waals surface area contributed by atoms with E-state index in [1.807, 2.05) is 4.80 Å². The number of hydrogen-bond acceptors (Lipinski definition) is 2. The third-order valence-corrected chi connectivity index (χ3v) is 2.33. The molecule has 0 radical (unpaired) electrons. The van der Waals surface area contributed by atoms with Crippen molar-refractivity contribution in [2.45, 2.75) is 31.7 Å². The Kier molecular flexibility index (Phi) is 1.07. The van der Waals surface area contributed by atoms with Gasteiger partial charge in [0.2, 0.25) is 0 Å². The molecule has 1 fully saturated rings. The number of rotatable bonds is 2. The third kappa shape index (κ3) is 0.664. The molecule has 1 aliphatic carbocycles. The topological polar surface area (TPSA) is 30.7 Å². The van der Waals surface area contributed by atoms with Crippen molar-refractivity contribution in [2.24, 2.45) is 0 Å². The largest absolute Gasteiger partial charge is 0.179 e. The Labute approximate surface area is 60.0 Å². The molecule has 0 amide bonds. The summed E-state index contributed by atoms with van der Waals surface area (Å²) >= 11 is 0. The predicted molar refractivity (Wildman–Crippen MR) is 37.5 cm³/mol. The SMILES string of the molecule is CCC1(n2nccn2)CC1. The maximum Gasteiger partial charge on any atom is 0.0823 e. The van der Waals surface area contributed by atoms with E-state index >= 15 is 0 Å². The molecule has 0 N–H and O–H groups in total. The van der Waals surface area contributed by atoms with Gasteiger partial charge in [-0.1, -0.05) is 6.92 Å². The molecular formula is C7H11N3. The molecular weight excluding hydrogens is 126 g/mol. The number of aromatic nitrogens is 3. The van der Waals surface area contributed by atoms with Crippen LogP contribution in [0.4, 0.5) is 0 Å². The number of nitrogens with zero attached hydrogens (tertiary/aromatic N) is 3. The van der Waals surface area contributed by atoms with Crippen LogP contribution in [0.15, 0.2) is 12.4 Å². The molecule has 0 unspecified atom stereocenters. The summed E-state index contributed by atoms with van der Waals surface area (Å²) in [5, 5.41) is 8.25. The maximum absolute atomic E-state index is 4.13. The van der Waals surface area contributed by atoms with Crippen LogP contribution < -0.4 is 0 Å². The summed E-state index contributed by atoms with van der Waals surface area (Å²) < 4.78 is 0. The van der Waals surface area contributed by atoms with Crippen LogP contribution in [0.5, 0.6) is 0 Å². The van der Waals surface area contributed by atoms with Crippen molar-refractivity contribution in [1.82, 2.24) is 15.0 Å². The minimum Gasteiger partial charge on any atom is -0.179 e. The molecule has 3 nitrogen and oxygen atoms in total. The summed E-state index contributed by atoms with van der Waals surface area (Å²) in [4.78, 5) is 1.85. The van der Waals surface area contributed by atoms with Gasteiger partial charge >= 0.3 is 0 Å². The summed E-state index contributed by atoms with van der Waals surface area (Å²) in [5.74, 6) is 0. The van der Waals surface area contributed by atoms with E-state index in [0.717, 1.165) is 6.42 Å². The Morgan fingerprint density at radius 2 is 2.00 bits per heavy atom. The van der Waals surface area contributed by atoms with Crippen LogP contribution in [0.25, 0.3) is 0 Å². The van der Waals surface area contributed by atoms with Gasteiger partial charge in [-0.3, -0.25) is 0 Å². The average Bonchev–Trinajstić information content (AvgIpc) is 2.58. The molecule has 0 aliphatic heterocycles. The zero-order valence-corrected chi connectivity index (χ0v) is 6.12. The van der Waals surface area contributed by atoms with Crippen LogP contribution in [-0.2, 0) is 5.54 Å². The predicted octanol–water partition coefficient (Wildman–Crippen LogP) is 1.18. The van der Waals surface area contributed by atoms with Crippen LogP contribution >= 0.6 is 0 Å². The first-order valence-electron chi connectivity index (χ1n) is 3.74. The number of hydrogen-bond donors (Lipinski definition) is 0. The minimum absolute atomic E-state index is 0.309. The Bertz CT molecular complexity index is 211. The van der Waals surface area contributed by atoms with Crippen LogP contribution in [0.2, 0.25) is 0 Å². The molecule has 2 rings (SSSR count). The molecule has 3 heteroatoms. The second kappa shape index (κ2) is 1.81. The Morgan fingerprint density at radius 3 is 2.40 bits per heavy atom. The summed E-state index contributed by atoms with van der Waals surface area (Å²) in [6.45, 7) is 2.19. The molecule has 0 spiro atoms. The zero-order chi connectivity index (χ0) is 7.03. The van der Waals surface area contributed by atoms with Gasteiger partial charge in [0.05, 0.1) is 17.9 Å². The lowest BCUT2D eigenvalue weighted by Crippen LogP contribution is -2.18. The standard InChI is InChI=1S/C7H11N3/c1-2-7(3-4-7)10-8-5-6-9-10/h5-6H,2-4H2,1H3. The van der Waals surface area contributed by atoms with E-state index in [0.29, 0.717) is 5.54 Å². The van der Waals surface area contributed by atoms with E-state index in [9.17, 15) is 0 Å². The third-order valence-electron chi connectivity index (χ3n) is 2.33. The summed E-state index contributed by atoms with van der Waals surface area (Å²) in [7, 11) is 0. The lowest BCUT2D eigenvalue weighted by Gasteiger charge is -2.09. The molecule has 54 valence electrons. The monoisotopic (exact) mass is 137 g/mol. The van der Waals surface area contributed by atoms with Gasteiger partial charge in [-0.2, -0.15) is 15.0 Å². The first-order valence-corrected chi connectivity index (χ1v) is 3.74. The van der Waals surface area contributed by atoms with E-state index in [2.05, 4.69) is 17.1 Å². The highest BCUT2D eigenvalue weighted by Crippen LogP contribution is 2.44. The van der Waals surface area contributed by atoms with E-state index < -0.39 is 0 Å². The quantitative estimate of drug-likeness (QED) is 0.612. The Morgan fingerprint density at radius 1 is 1.40 bits per heavy atom.